The van der Waals surface area contributed by atoms with Crippen LogP contribution in [0.3, 0.4) is 0 Å². The molecule has 1 aromatic carbocycles. The summed E-state index contributed by atoms with van der Waals surface area (Å²) >= 11 is 0. The van der Waals surface area contributed by atoms with Crippen LogP contribution in [0.4, 0.5) is 18.9 Å². The molecule has 0 aliphatic heterocycles. The van der Waals surface area contributed by atoms with Crippen LogP contribution in [0.2, 0.25) is 0 Å². The summed E-state index contributed by atoms with van der Waals surface area (Å²) in [5, 5.41) is 21.4. The average Bonchev–Trinajstić information content (AvgIpc) is 2.83. The van der Waals surface area contributed by atoms with E-state index in [1.807, 2.05) is 6.07 Å². The van der Waals surface area contributed by atoms with Gasteiger partial charge in [0.25, 0.3) is 5.91 Å². The summed E-state index contributed by atoms with van der Waals surface area (Å²) in [5.74, 6) is -3.59. The molecule has 190 valence electrons. The van der Waals surface area contributed by atoms with Crippen molar-refractivity contribution < 1.29 is 28.2 Å². The fourth-order valence-corrected chi connectivity index (χ4v) is 4.82. The third-order valence-corrected chi connectivity index (χ3v) is 6.46. The van der Waals surface area contributed by atoms with Gasteiger partial charge in [0, 0.05) is 12.2 Å². The quantitative estimate of drug-likeness (QED) is 0.405. The summed E-state index contributed by atoms with van der Waals surface area (Å²) in [6, 6.07) is 5.45. The smallest absolute Gasteiger partial charge is 0.274 e. The summed E-state index contributed by atoms with van der Waals surface area (Å²) in [7, 11) is 0. The Morgan fingerprint density at radius 1 is 1.14 bits per heavy atom. The number of aliphatic hydroxyl groups excluding tert-OH is 2. The lowest BCUT2D eigenvalue weighted by Gasteiger charge is -2.32. The van der Waals surface area contributed by atoms with Gasteiger partial charge in [0.05, 0.1) is 24.1 Å². The minimum absolute atomic E-state index is 0.0477. The number of anilines is 1. The molecule has 1 aliphatic carbocycles. The molecule has 0 unspecified atom stereocenters. The fraction of sp³-hybridized carbons (Fsp3) is 0.346. The first-order valence-electron chi connectivity index (χ1n) is 11.6. The Labute approximate surface area is 206 Å². The highest BCUT2D eigenvalue weighted by molar-refractivity contribution is 6.03. The van der Waals surface area contributed by atoms with Gasteiger partial charge in [0.2, 0.25) is 0 Å². The zero-order valence-electron chi connectivity index (χ0n) is 19.6. The molecule has 1 saturated carbocycles. The number of carbonyl (C=O) groups is 1. The molecule has 1 fully saturated rings. The van der Waals surface area contributed by atoms with E-state index in [1.165, 1.54) is 6.20 Å². The van der Waals surface area contributed by atoms with Crippen molar-refractivity contribution in [1.82, 2.24) is 9.97 Å². The minimum Gasteiger partial charge on any atom is -0.393 e. The first-order chi connectivity index (χ1) is 17.2. The highest BCUT2D eigenvalue weighted by atomic mass is 19.1. The maximum atomic E-state index is 14.7. The van der Waals surface area contributed by atoms with Crippen molar-refractivity contribution in [1.29, 1.82) is 0 Å². The molecule has 0 bridgehead atoms. The van der Waals surface area contributed by atoms with E-state index < -0.39 is 47.3 Å². The monoisotopic (exact) mass is 500 g/mol. The topological polar surface area (TPSA) is 121 Å². The summed E-state index contributed by atoms with van der Waals surface area (Å²) in [4.78, 5) is 21.0. The van der Waals surface area contributed by atoms with Gasteiger partial charge >= 0.3 is 0 Å². The number of hydrogen-bond acceptors (Lipinski definition) is 6. The molecule has 10 heteroatoms. The number of carbonyl (C=O) groups excluding carboxylic acids is 1. The molecule has 0 saturated heterocycles. The lowest BCUT2D eigenvalue weighted by Crippen LogP contribution is -2.31. The highest BCUT2D eigenvalue weighted by Gasteiger charge is 2.28. The Hall–Kier alpha value is -3.34. The van der Waals surface area contributed by atoms with Gasteiger partial charge < -0.3 is 21.3 Å². The van der Waals surface area contributed by atoms with Gasteiger partial charge in [-0.1, -0.05) is 6.92 Å². The van der Waals surface area contributed by atoms with Gasteiger partial charge in [0.1, 0.15) is 34.9 Å². The number of nitrogens with two attached hydrogens (primary N) is 1. The number of aliphatic hydroxyl groups is 2. The maximum absolute atomic E-state index is 14.7. The zero-order chi connectivity index (χ0) is 26.0. The summed E-state index contributed by atoms with van der Waals surface area (Å²) < 4.78 is 44.0. The molecule has 1 amide bonds. The molecule has 36 heavy (non-hydrogen) atoms. The number of amides is 1. The molecule has 4 atom stereocenters. The molecule has 1 aliphatic rings. The second kappa shape index (κ2) is 10.7. The Balaban J connectivity index is 1.64. The number of nitrogens with zero attached hydrogens (tertiary/aromatic N) is 2. The lowest BCUT2D eigenvalue weighted by molar-refractivity contribution is 0.0951. The molecule has 2 aromatic heterocycles. The number of benzene rings is 1. The number of nitrogens with one attached hydrogen (secondary N) is 1. The number of aromatic nitrogens is 2. The number of pyridine rings is 2. The Morgan fingerprint density at radius 3 is 2.53 bits per heavy atom. The largest absolute Gasteiger partial charge is 0.393 e. The standard InChI is InChI=1S/C26H27F3N4O3/c1-13-6-14(8-16(30)7-13)17-4-5-31-11-22(17)33-26(36)21-3-2-18(27)25(32-21)24-19(28)9-15(10-20(24)29)23(35)12-34/h2-5,9-11,13-14,16,23,34-35H,6-8,12,30H2,1H3,(H,33,36)/t13-,14+,16-,23-/m0/s1. The second-order valence-corrected chi connectivity index (χ2v) is 9.27. The van der Waals surface area contributed by atoms with Crippen LogP contribution in [0.1, 0.15) is 59.8 Å². The van der Waals surface area contributed by atoms with Crippen molar-refractivity contribution >= 4 is 11.6 Å². The van der Waals surface area contributed by atoms with Gasteiger partial charge in [-0.15, -0.1) is 0 Å². The van der Waals surface area contributed by atoms with Crippen LogP contribution in [0.25, 0.3) is 11.3 Å². The third-order valence-electron chi connectivity index (χ3n) is 6.46. The van der Waals surface area contributed by atoms with E-state index in [4.69, 9.17) is 10.8 Å². The van der Waals surface area contributed by atoms with Crippen LogP contribution in [-0.4, -0.2) is 38.7 Å². The molecule has 0 spiro atoms. The van der Waals surface area contributed by atoms with Crippen LogP contribution >= 0.6 is 0 Å². The van der Waals surface area contributed by atoms with Gasteiger partial charge in [0.15, 0.2) is 0 Å². The number of rotatable bonds is 6. The summed E-state index contributed by atoms with van der Waals surface area (Å²) in [5.41, 5.74) is 5.58. The van der Waals surface area contributed by atoms with E-state index >= 15 is 0 Å². The van der Waals surface area contributed by atoms with E-state index in [9.17, 15) is 23.1 Å². The van der Waals surface area contributed by atoms with Gasteiger partial charge in [-0.05, 0) is 72.6 Å². The highest BCUT2D eigenvalue weighted by Crippen LogP contribution is 2.38. The van der Waals surface area contributed by atoms with E-state index in [1.54, 1.807) is 6.20 Å². The predicted molar refractivity (Wildman–Crippen MR) is 128 cm³/mol. The van der Waals surface area contributed by atoms with Gasteiger partial charge in [-0.25, -0.2) is 18.2 Å². The van der Waals surface area contributed by atoms with Gasteiger partial charge in [-0.2, -0.15) is 0 Å². The second-order valence-electron chi connectivity index (χ2n) is 9.27. The van der Waals surface area contributed by atoms with Crippen LogP contribution in [0.5, 0.6) is 0 Å². The number of hydrogen-bond donors (Lipinski definition) is 4. The van der Waals surface area contributed by atoms with Crippen molar-refractivity contribution in [2.75, 3.05) is 11.9 Å². The van der Waals surface area contributed by atoms with E-state index in [0.717, 1.165) is 49.1 Å². The molecule has 5 N–H and O–H groups in total. The van der Waals surface area contributed by atoms with Crippen molar-refractivity contribution in [2.45, 2.75) is 44.2 Å². The molecular formula is C26H27F3N4O3. The van der Waals surface area contributed by atoms with E-state index in [-0.39, 0.29) is 23.2 Å². The fourth-order valence-electron chi connectivity index (χ4n) is 4.82. The Morgan fingerprint density at radius 2 is 1.86 bits per heavy atom. The van der Waals surface area contributed by atoms with Crippen molar-refractivity contribution in [3.8, 4) is 11.3 Å². The molecular weight excluding hydrogens is 473 g/mol. The van der Waals surface area contributed by atoms with Gasteiger partial charge in [-0.3, -0.25) is 9.78 Å². The summed E-state index contributed by atoms with van der Waals surface area (Å²) in [6.45, 7) is 1.38. The van der Waals surface area contributed by atoms with Crippen LogP contribution in [-0.2, 0) is 0 Å². The average molecular weight is 501 g/mol. The molecule has 3 aromatic rings. The zero-order valence-corrected chi connectivity index (χ0v) is 19.6. The number of halogens is 3. The molecule has 4 rings (SSSR count). The predicted octanol–water partition coefficient (Wildman–Crippen LogP) is 4.07. The van der Waals surface area contributed by atoms with Crippen molar-refractivity contribution in [3.05, 3.63) is 77.0 Å². The van der Waals surface area contributed by atoms with Crippen LogP contribution in [0.15, 0.2) is 42.7 Å². The Kier molecular flexibility index (Phi) is 7.67. The van der Waals surface area contributed by atoms with Crippen LogP contribution in [0, 0.1) is 23.4 Å². The molecule has 0 radical (unpaired) electrons. The summed E-state index contributed by atoms with van der Waals surface area (Å²) in [6.07, 6.45) is 4.22. The van der Waals surface area contributed by atoms with Crippen molar-refractivity contribution in [2.24, 2.45) is 11.7 Å². The van der Waals surface area contributed by atoms with Crippen molar-refractivity contribution in [3.63, 3.8) is 0 Å². The SMILES string of the molecule is C[C@@H]1C[C@H](N)C[C@H](c2ccncc2NC(=O)c2ccc(F)c(-c3c(F)cc([C@@H](O)CO)cc3F)n2)C1. The third kappa shape index (κ3) is 5.40. The lowest BCUT2D eigenvalue weighted by atomic mass is 9.76. The van der Waals surface area contributed by atoms with Crippen LogP contribution < -0.4 is 11.1 Å². The van der Waals surface area contributed by atoms with E-state index in [2.05, 4.69) is 22.2 Å². The minimum atomic E-state index is -1.51. The maximum Gasteiger partial charge on any atom is 0.274 e. The normalized spacial score (nSPS) is 20.7. The first kappa shape index (κ1) is 25.7. The van der Waals surface area contributed by atoms with E-state index in [0.29, 0.717) is 11.6 Å². The molecule has 7 nitrogen and oxygen atoms in total. The first-order valence-corrected chi connectivity index (χ1v) is 11.6. The molecule has 2 heterocycles. The Bertz CT molecular complexity index is 1240.